The van der Waals surface area contributed by atoms with Crippen molar-refractivity contribution in [2.45, 2.75) is 32.0 Å². The summed E-state index contributed by atoms with van der Waals surface area (Å²) in [5.74, 6) is -1.20. The van der Waals surface area contributed by atoms with Gasteiger partial charge in [0.25, 0.3) is 0 Å². The summed E-state index contributed by atoms with van der Waals surface area (Å²) >= 11 is 11.8. The van der Waals surface area contributed by atoms with Crippen molar-refractivity contribution in [3.63, 3.8) is 0 Å². The number of carboxylic acid groups (broad SMARTS) is 1. The predicted molar refractivity (Wildman–Crippen MR) is 93.6 cm³/mol. The number of hydrogen-bond donors (Lipinski definition) is 1. The minimum Gasteiger partial charge on any atom is -0.481 e. The molecule has 1 saturated carbocycles. The summed E-state index contributed by atoms with van der Waals surface area (Å²) in [6.45, 7) is 1.40. The molecule has 1 aliphatic carbocycles. The number of halogens is 5. The predicted octanol–water partition coefficient (Wildman–Crippen LogP) is 5.78. The lowest BCUT2D eigenvalue weighted by molar-refractivity contribution is -0.162. The molecule has 1 aromatic carbocycles. The third-order valence-electron chi connectivity index (χ3n) is 5.12. The zero-order chi connectivity index (χ0) is 20.1. The quantitative estimate of drug-likeness (QED) is 0.689. The van der Waals surface area contributed by atoms with E-state index in [1.165, 1.54) is 31.2 Å². The van der Waals surface area contributed by atoms with E-state index in [4.69, 9.17) is 23.2 Å². The monoisotopic (exact) mass is 416 g/mol. The Bertz CT molecular complexity index is 961. The van der Waals surface area contributed by atoms with Crippen molar-refractivity contribution in [2.24, 2.45) is 5.41 Å². The molecule has 0 spiro atoms. The molecule has 0 bridgehead atoms. The fourth-order valence-corrected chi connectivity index (χ4v) is 3.95. The fraction of sp³-hybridized carbons (Fsp3) is 0.333. The van der Waals surface area contributed by atoms with Crippen LogP contribution in [0.1, 0.15) is 37.1 Å². The summed E-state index contributed by atoms with van der Waals surface area (Å²) < 4.78 is 42.3. The second-order valence-corrected chi connectivity index (χ2v) is 7.46. The van der Waals surface area contributed by atoms with Crippen LogP contribution >= 0.6 is 23.2 Å². The topological polar surface area (TPSA) is 66.0 Å². The minimum atomic E-state index is -4.86. The van der Waals surface area contributed by atoms with Crippen LogP contribution in [0.2, 0.25) is 10.0 Å². The molecule has 9 heteroatoms. The number of carbonyl (C=O) groups is 1. The average Bonchev–Trinajstić information content (AvgIpc) is 2.85. The van der Waals surface area contributed by atoms with E-state index in [2.05, 4.69) is 0 Å². The summed E-state index contributed by atoms with van der Waals surface area (Å²) in [5, 5.41) is 18.7. The molecule has 2 atom stereocenters. The number of carboxylic acids is 1. The lowest BCUT2D eigenvalue weighted by Gasteiger charge is -2.45. The molecule has 1 N–H and O–H groups in total. The lowest BCUT2D eigenvalue weighted by Crippen LogP contribution is -2.46. The normalized spacial score (nSPS) is 22.2. The van der Waals surface area contributed by atoms with Gasteiger partial charge in [-0.05, 0) is 37.5 Å². The number of hydrogen-bond acceptors (Lipinski definition) is 2. The first-order chi connectivity index (χ1) is 12.5. The summed E-state index contributed by atoms with van der Waals surface area (Å²) in [4.78, 5) is 11.7. The van der Waals surface area contributed by atoms with Gasteiger partial charge in [-0.2, -0.15) is 18.4 Å². The number of aromatic nitrogens is 1. The molecule has 3 rings (SSSR count). The van der Waals surface area contributed by atoms with Gasteiger partial charge in [-0.15, -0.1) is 0 Å². The van der Waals surface area contributed by atoms with E-state index < -0.39 is 34.3 Å². The molecule has 1 heterocycles. The van der Waals surface area contributed by atoms with Crippen LogP contribution in [0.15, 0.2) is 24.3 Å². The van der Waals surface area contributed by atoms with Gasteiger partial charge in [-0.25, -0.2) is 0 Å². The van der Waals surface area contributed by atoms with Crippen molar-refractivity contribution < 1.29 is 23.1 Å². The zero-order valence-electron chi connectivity index (χ0n) is 13.9. The Hall–Kier alpha value is -2.17. The van der Waals surface area contributed by atoms with Gasteiger partial charge in [0.1, 0.15) is 11.8 Å². The summed E-state index contributed by atoms with van der Waals surface area (Å²) in [6.07, 6.45) is -4.41. The molecule has 4 nitrogen and oxygen atoms in total. The van der Waals surface area contributed by atoms with Crippen molar-refractivity contribution >= 4 is 29.2 Å². The molecule has 1 aliphatic rings. The Morgan fingerprint density at radius 3 is 2.33 bits per heavy atom. The van der Waals surface area contributed by atoms with Gasteiger partial charge in [0.2, 0.25) is 0 Å². The van der Waals surface area contributed by atoms with Crippen LogP contribution in [0, 0.1) is 16.7 Å². The lowest BCUT2D eigenvalue weighted by atomic mass is 9.65. The van der Waals surface area contributed by atoms with E-state index in [0.29, 0.717) is 10.6 Å². The van der Waals surface area contributed by atoms with Crippen molar-refractivity contribution in [3.8, 4) is 17.3 Å². The van der Waals surface area contributed by atoms with E-state index in [1.807, 2.05) is 0 Å². The molecule has 1 fully saturated rings. The number of aliphatic carboxylic acids is 1. The Balaban J connectivity index is 2.38. The maximum Gasteiger partial charge on any atom is 0.432 e. The number of rotatable bonds is 3. The fourth-order valence-electron chi connectivity index (χ4n) is 3.50. The van der Waals surface area contributed by atoms with Gasteiger partial charge in [-0.1, -0.05) is 35.3 Å². The second-order valence-electron chi connectivity index (χ2n) is 6.65. The highest BCUT2D eigenvalue weighted by Gasteiger charge is 2.54. The Morgan fingerprint density at radius 1 is 1.33 bits per heavy atom. The van der Waals surface area contributed by atoms with Gasteiger partial charge >= 0.3 is 12.1 Å². The molecule has 1 aromatic heterocycles. The van der Waals surface area contributed by atoms with Crippen molar-refractivity contribution in [1.82, 2.24) is 4.57 Å². The summed E-state index contributed by atoms with van der Waals surface area (Å²) in [5.41, 5.74) is -2.69. The highest BCUT2D eigenvalue weighted by Crippen LogP contribution is 2.55. The Labute approximate surface area is 162 Å². The molecule has 2 unspecified atom stereocenters. The largest absolute Gasteiger partial charge is 0.481 e. The zero-order valence-corrected chi connectivity index (χ0v) is 15.5. The SMILES string of the molecule is CC1(C(=O)O)CCC1n1c(-c2ccc(Cl)cc2)c(C#N)c(Cl)c1C(F)(F)F. The molecule has 0 amide bonds. The summed E-state index contributed by atoms with van der Waals surface area (Å²) in [7, 11) is 0. The van der Waals surface area contributed by atoms with Crippen molar-refractivity contribution in [2.75, 3.05) is 0 Å². The standard InChI is InChI=1S/C18H13Cl2F3N2O2/c1-17(16(26)27)7-6-12(17)25-14(9-2-4-10(19)5-3-9)11(8-24)13(20)15(25)18(21,22)23/h2-5,12H,6-7H2,1H3,(H,26,27). The number of nitriles is 1. The molecular weight excluding hydrogens is 404 g/mol. The molecule has 142 valence electrons. The molecule has 0 radical (unpaired) electrons. The van der Waals surface area contributed by atoms with Gasteiger partial charge in [0.05, 0.1) is 27.7 Å². The molecule has 27 heavy (non-hydrogen) atoms. The van der Waals surface area contributed by atoms with Gasteiger partial charge in [0, 0.05) is 5.02 Å². The third-order valence-corrected chi connectivity index (χ3v) is 5.74. The first kappa shape index (κ1) is 19.6. The van der Waals surface area contributed by atoms with Crippen LogP contribution < -0.4 is 0 Å². The highest BCUT2D eigenvalue weighted by atomic mass is 35.5. The van der Waals surface area contributed by atoms with E-state index in [9.17, 15) is 28.3 Å². The third kappa shape index (κ3) is 2.97. The Morgan fingerprint density at radius 2 is 1.93 bits per heavy atom. The van der Waals surface area contributed by atoms with Gasteiger partial charge in [0.15, 0.2) is 0 Å². The van der Waals surface area contributed by atoms with Crippen LogP contribution in [0.3, 0.4) is 0 Å². The van der Waals surface area contributed by atoms with Crippen LogP contribution in [-0.4, -0.2) is 15.6 Å². The van der Waals surface area contributed by atoms with E-state index in [0.717, 1.165) is 4.57 Å². The van der Waals surface area contributed by atoms with Crippen LogP contribution in [-0.2, 0) is 11.0 Å². The van der Waals surface area contributed by atoms with E-state index in [-0.39, 0.29) is 24.1 Å². The molecule has 0 saturated heterocycles. The van der Waals surface area contributed by atoms with E-state index >= 15 is 0 Å². The number of nitrogens with zero attached hydrogens (tertiary/aromatic N) is 2. The van der Waals surface area contributed by atoms with Crippen LogP contribution in [0.25, 0.3) is 11.3 Å². The smallest absolute Gasteiger partial charge is 0.432 e. The number of alkyl halides is 3. The Kier molecular flexibility index (Phi) is 4.69. The maximum absolute atomic E-state index is 13.8. The van der Waals surface area contributed by atoms with Crippen molar-refractivity contribution in [3.05, 3.63) is 45.6 Å². The van der Waals surface area contributed by atoms with Gasteiger partial charge < -0.3 is 9.67 Å². The van der Waals surface area contributed by atoms with Crippen molar-refractivity contribution in [1.29, 1.82) is 5.26 Å². The van der Waals surface area contributed by atoms with Crippen LogP contribution in [0.5, 0.6) is 0 Å². The van der Waals surface area contributed by atoms with Gasteiger partial charge in [-0.3, -0.25) is 4.79 Å². The second kappa shape index (κ2) is 6.47. The molecule has 2 aromatic rings. The molecular formula is C18H13Cl2F3N2O2. The summed E-state index contributed by atoms with van der Waals surface area (Å²) in [6, 6.07) is 6.66. The maximum atomic E-state index is 13.8. The highest BCUT2D eigenvalue weighted by molar-refractivity contribution is 6.33. The first-order valence-corrected chi connectivity index (χ1v) is 8.68. The van der Waals surface area contributed by atoms with E-state index in [1.54, 1.807) is 6.07 Å². The molecule has 0 aliphatic heterocycles. The van der Waals surface area contributed by atoms with Crippen LogP contribution in [0.4, 0.5) is 13.2 Å². The average molecular weight is 417 g/mol. The minimum absolute atomic E-state index is 0.0522. The first-order valence-electron chi connectivity index (χ1n) is 7.92. The number of benzene rings is 1.